The summed E-state index contributed by atoms with van der Waals surface area (Å²) in [5.41, 5.74) is 3.11. The van der Waals surface area contributed by atoms with Crippen LogP contribution in [0.4, 0.5) is 4.79 Å². The van der Waals surface area contributed by atoms with Gasteiger partial charge < -0.3 is 24.8 Å². The highest BCUT2D eigenvalue weighted by molar-refractivity contribution is 5.87. The van der Waals surface area contributed by atoms with Crippen LogP contribution < -0.4 is 5.32 Å². The van der Waals surface area contributed by atoms with Crippen molar-refractivity contribution in [2.24, 2.45) is 0 Å². The van der Waals surface area contributed by atoms with Crippen molar-refractivity contribution in [2.75, 3.05) is 26.8 Å². The normalized spacial score (nSPS) is 17.0. The topological polar surface area (TPSA) is 105 Å². The van der Waals surface area contributed by atoms with Crippen molar-refractivity contribution in [3.05, 3.63) is 59.7 Å². The molecule has 4 rings (SSSR count). The van der Waals surface area contributed by atoms with Crippen molar-refractivity contribution in [3.63, 3.8) is 0 Å². The van der Waals surface area contributed by atoms with Crippen LogP contribution in [0.2, 0.25) is 0 Å². The molecule has 1 unspecified atom stereocenters. The summed E-state index contributed by atoms with van der Waals surface area (Å²) < 4.78 is 10.8. The zero-order valence-electron chi connectivity index (χ0n) is 19.5. The second-order valence-electron chi connectivity index (χ2n) is 8.76. The number of carbonyl (C=O) groups excluding carboxylic acids is 2. The largest absolute Gasteiger partial charge is 0.479 e. The first-order valence-corrected chi connectivity index (χ1v) is 11.5. The van der Waals surface area contributed by atoms with Gasteiger partial charge in [-0.1, -0.05) is 48.5 Å². The molecule has 1 aliphatic carbocycles. The Morgan fingerprint density at radius 3 is 2.20 bits per heavy atom. The number of likely N-dealkylation sites (tertiary alicyclic amines) is 1. The van der Waals surface area contributed by atoms with Gasteiger partial charge in [-0.05, 0) is 22.3 Å². The average molecular weight is 477 g/mol. The second kappa shape index (κ2) is 10.2. The van der Waals surface area contributed by atoms with E-state index in [-0.39, 0.29) is 50.8 Å². The first kappa shape index (κ1) is 24.3. The molecule has 8 heteroatoms. The number of carbonyl (C=O) groups is 3. The maximum atomic E-state index is 13.1. The summed E-state index contributed by atoms with van der Waals surface area (Å²) in [4.78, 5) is 38.8. The lowest BCUT2D eigenvalue weighted by atomic mass is 9.91. The Balaban J connectivity index is 1.38. The van der Waals surface area contributed by atoms with Gasteiger partial charge in [0.2, 0.25) is 5.91 Å². The molecule has 1 aliphatic heterocycles. The number of amides is 2. The van der Waals surface area contributed by atoms with Crippen molar-refractivity contribution in [3.8, 4) is 23.5 Å². The number of terminal acetylenes is 1. The Bertz CT molecular complexity index is 1120. The van der Waals surface area contributed by atoms with Gasteiger partial charge in [0, 0.05) is 45.4 Å². The van der Waals surface area contributed by atoms with Crippen LogP contribution in [0.15, 0.2) is 48.5 Å². The number of aliphatic carboxylic acids is 1. The molecular weight excluding hydrogens is 448 g/mol. The van der Waals surface area contributed by atoms with E-state index in [1.165, 1.54) is 12.0 Å². The molecule has 2 aromatic rings. The van der Waals surface area contributed by atoms with Crippen LogP contribution in [-0.4, -0.2) is 66.4 Å². The molecule has 35 heavy (non-hydrogen) atoms. The van der Waals surface area contributed by atoms with Gasteiger partial charge in [-0.15, -0.1) is 12.3 Å². The predicted octanol–water partition coefficient (Wildman–Crippen LogP) is 3.01. The number of hydrogen-bond acceptors (Lipinski definition) is 5. The van der Waals surface area contributed by atoms with Crippen LogP contribution in [-0.2, 0) is 19.1 Å². The van der Waals surface area contributed by atoms with E-state index >= 15 is 0 Å². The summed E-state index contributed by atoms with van der Waals surface area (Å²) in [6.07, 6.45) is 5.01. The smallest absolute Gasteiger partial charge is 0.407 e. The van der Waals surface area contributed by atoms with Crippen LogP contribution in [0.1, 0.15) is 36.3 Å². The maximum Gasteiger partial charge on any atom is 0.407 e. The van der Waals surface area contributed by atoms with Gasteiger partial charge in [0.1, 0.15) is 12.6 Å². The number of nitrogens with one attached hydrogen (secondary N) is 1. The van der Waals surface area contributed by atoms with E-state index in [2.05, 4.69) is 23.4 Å². The first-order valence-electron chi connectivity index (χ1n) is 11.5. The summed E-state index contributed by atoms with van der Waals surface area (Å²) in [6, 6.07) is 15.1. The second-order valence-corrected chi connectivity index (χ2v) is 8.76. The molecule has 1 heterocycles. The van der Waals surface area contributed by atoms with Crippen molar-refractivity contribution < 1.29 is 29.0 Å². The highest BCUT2D eigenvalue weighted by atomic mass is 16.5. The highest BCUT2D eigenvalue weighted by Gasteiger charge is 2.43. The summed E-state index contributed by atoms with van der Waals surface area (Å²) in [5.74, 6) is 0.903. The third-order valence-electron chi connectivity index (χ3n) is 6.92. The average Bonchev–Trinajstić information content (AvgIpc) is 3.20. The number of rotatable bonds is 7. The Morgan fingerprint density at radius 2 is 1.69 bits per heavy atom. The number of benzene rings is 2. The number of carboxylic acid groups (broad SMARTS) is 1. The first-order chi connectivity index (χ1) is 16.9. The van der Waals surface area contributed by atoms with Gasteiger partial charge in [-0.25, -0.2) is 9.59 Å². The van der Waals surface area contributed by atoms with Crippen LogP contribution in [0.25, 0.3) is 11.1 Å². The lowest BCUT2D eigenvalue weighted by Crippen LogP contribution is -2.56. The van der Waals surface area contributed by atoms with Crippen LogP contribution >= 0.6 is 0 Å². The lowest BCUT2D eigenvalue weighted by molar-refractivity contribution is -0.170. The fourth-order valence-corrected chi connectivity index (χ4v) is 4.91. The fourth-order valence-electron chi connectivity index (χ4n) is 4.91. The molecule has 0 bridgehead atoms. The van der Waals surface area contributed by atoms with Gasteiger partial charge in [0.05, 0.1) is 0 Å². The number of ether oxygens (including phenoxy) is 2. The van der Waals surface area contributed by atoms with Gasteiger partial charge in [0.15, 0.2) is 5.60 Å². The summed E-state index contributed by atoms with van der Waals surface area (Å²) in [5, 5.41) is 12.1. The summed E-state index contributed by atoms with van der Waals surface area (Å²) in [6.45, 7) is 0.494. The van der Waals surface area contributed by atoms with Crippen molar-refractivity contribution >= 4 is 18.0 Å². The van der Waals surface area contributed by atoms with Gasteiger partial charge in [-0.3, -0.25) is 4.79 Å². The Labute approximate surface area is 204 Å². The SMILES string of the molecule is C#CCC(NC(=O)OCC1c2ccccc2-c2ccccc21)C(=O)N1CCC(OC)(C(=O)O)CC1. The van der Waals surface area contributed by atoms with E-state index in [9.17, 15) is 19.5 Å². The molecule has 0 saturated carbocycles. The Hall–Kier alpha value is -3.83. The molecule has 1 fully saturated rings. The van der Waals surface area contributed by atoms with Gasteiger partial charge in [0.25, 0.3) is 0 Å². The van der Waals surface area contributed by atoms with E-state index in [4.69, 9.17) is 15.9 Å². The van der Waals surface area contributed by atoms with Crippen molar-refractivity contribution in [2.45, 2.75) is 36.8 Å². The van der Waals surface area contributed by atoms with E-state index in [0.717, 1.165) is 22.3 Å². The highest BCUT2D eigenvalue weighted by Crippen LogP contribution is 2.44. The number of methoxy groups -OCH3 is 1. The van der Waals surface area contributed by atoms with Gasteiger partial charge >= 0.3 is 12.1 Å². The van der Waals surface area contributed by atoms with Gasteiger partial charge in [-0.2, -0.15) is 0 Å². The fraction of sp³-hybridized carbons (Fsp3) is 0.370. The number of hydrogen-bond donors (Lipinski definition) is 2. The monoisotopic (exact) mass is 476 g/mol. The number of piperidine rings is 1. The Morgan fingerprint density at radius 1 is 1.11 bits per heavy atom. The van der Waals surface area contributed by atoms with Crippen LogP contribution in [0, 0.1) is 12.3 Å². The summed E-state index contributed by atoms with van der Waals surface area (Å²) >= 11 is 0. The predicted molar refractivity (Wildman–Crippen MR) is 129 cm³/mol. The number of alkyl carbamates (subject to hydrolysis) is 1. The minimum Gasteiger partial charge on any atom is -0.479 e. The zero-order valence-corrected chi connectivity index (χ0v) is 19.5. The molecule has 2 N–H and O–H groups in total. The minimum atomic E-state index is -1.31. The third kappa shape index (κ3) is 4.73. The number of carboxylic acids is 1. The molecule has 0 radical (unpaired) electrons. The number of fused-ring (bicyclic) bond motifs is 3. The molecule has 2 amide bonds. The molecule has 1 atom stereocenters. The van der Waals surface area contributed by atoms with E-state index in [1.807, 2.05) is 36.4 Å². The molecule has 0 spiro atoms. The molecule has 2 aliphatic rings. The molecule has 182 valence electrons. The molecular formula is C27H28N2O6. The molecule has 2 aromatic carbocycles. The standard InChI is InChI=1S/C27H28N2O6/c1-3-8-23(24(30)29-15-13-27(34-2,14-16-29)25(31)32)28-26(33)35-17-22-20-11-6-4-9-18(20)19-10-5-7-12-21(19)22/h1,4-7,9-12,22-23H,8,13-17H2,2H3,(H,28,33)(H,31,32). The van der Waals surface area contributed by atoms with E-state index in [1.54, 1.807) is 0 Å². The van der Waals surface area contributed by atoms with Crippen LogP contribution in [0.5, 0.6) is 0 Å². The maximum absolute atomic E-state index is 13.1. The van der Waals surface area contributed by atoms with Crippen molar-refractivity contribution in [1.29, 1.82) is 0 Å². The zero-order chi connectivity index (χ0) is 25.0. The Kier molecular flexibility index (Phi) is 7.08. The lowest BCUT2D eigenvalue weighted by Gasteiger charge is -2.38. The third-order valence-corrected chi connectivity index (χ3v) is 6.92. The van der Waals surface area contributed by atoms with Crippen molar-refractivity contribution in [1.82, 2.24) is 10.2 Å². The van der Waals surface area contributed by atoms with E-state index < -0.39 is 23.7 Å². The quantitative estimate of drug-likeness (QED) is 0.596. The van der Waals surface area contributed by atoms with E-state index in [0.29, 0.717) is 0 Å². The number of nitrogens with zero attached hydrogens (tertiary/aromatic N) is 1. The molecule has 8 nitrogen and oxygen atoms in total. The van der Waals surface area contributed by atoms with Crippen LogP contribution in [0.3, 0.4) is 0 Å². The minimum absolute atomic E-state index is 0.00607. The summed E-state index contributed by atoms with van der Waals surface area (Å²) in [7, 11) is 1.35. The molecule has 1 saturated heterocycles. The molecule has 0 aromatic heterocycles.